The Bertz CT molecular complexity index is 2890. The van der Waals surface area contributed by atoms with Crippen LogP contribution in [0.3, 0.4) is 0 Å². The third kappa shape index (κ3) is 8.85. The molecule has 5 aromatic carbocycles. The fraction of sp³-hybridized carbons (Fsp3) is 0.464. The molecule has 0 amide bonds. The van der Waals surface area contributed by atoms with Gasteiger partial charge < -0.3 is 21.3 Å². The van der Waals surface area contributed by atoms with Gasteiger partial charge in [-0.1, -0.05) is 126 Å². The van der Waals surface area contributed by atoms with E-state index in [0.29, 0.717) is 18.8 Å². The average molecular weight is 903 g/mol. The molecule has 0 aliphatic rings. The van der Waals surface area contributed by atoms with Crippen molar-refractivity contribution in [3.8, 4) is 5.75 Å². The molecule has 8 heteroatoms. The molecule has 0 bridgehead atoms. The molecule has 0 aliphatic heterocycles. The molecular formula is C56H72O6P2. The SMILES string of the molecule is Cc1cc(C(C)(C)C)c2op(OCCc3ccccc3Op3oc4c(C(C)(C)C)cc(C)c(C)c4c4c(C)c(C)cc(C(C)(C)C)c4o3)oc3c(C(C)(C)C)cc(C)c(C)c3c2c1C. The Labute approximate surface area is 384 Å². The van der Waals surface area contributed by atoms with Gasteiger partial charge in [0.2, 0.25) is 0 Å². The molecule has 0 saturated heterocycles. The molecule has 0 aliphatic carbocycles. The molecule has 0 saturated carbocycles. The summed E-state index contributed by atoms with van der Waals surface area (Å²) in [5.74, 6) is 0.693. The largest absolute Gasteiger partial charge is 0.453 e. The van der Waals surface area contributed by atoms with Gasteiger partial charge in [0.1, 0.15) is 28.1 Å². The van der Waals surface area contributed by atoms with Gasteiger partial charge in [0.25, 0.3) is 0 Å². The second kappa shape index (κ2) is 16.8. The molecule has 0 fully saturated rings. The van der Waals surface area contributed by atoms with Crippen molar-refractivity contribution in [2.45, 2.75) is 167 Å². The molecule has 342 valence electrons. The number of rotatable bonds is 6. The Balaban J connectivity index is 1.39. The van der Waals surface area contributed by atoms with Gasteiger partial charge >= 0.3 is 16.5 Å². The topological polar surface area (TPSA) is 71.0 Å². The van der Waals surface area contributed by atoms with Crippen molar-refractivity contribution in [3.63, 3.8) is 0 Å². The number of hydrogen-bond donors (Lipinski definition) is 0. The third-order valence-electron chi connectivity index (χ3n) is 13.3. The predicted octanol–water partition coefficient (Wildman–Crippen LogP) is 18.1. The fourth-order valence-electron chi connectivity index (χ4n) is 8.92. The first kappa shape index (κ1) is 47.6. The first-order valence-corrected chi connectivity index (χ1v) is 25.1. The summed E-state index contributed by atoms with van der Waals surface area (Å²) in [6, 6.07) is 17.3. The number of aryl methyl sites for hydroxylation is 8. The summed E-state index contributed by atoms with van der Waals surface area (Å²) in [5.41, 5.74) is 17.8. The lowest BCUT2D eigenvalue weighted by Gasteiger charge is -2.23. The van der Waals surface area contributed by atoms with Crippen molar-refractivity contribution in [2.75, 3.05) is 6.61 Å². The molecule has 0 atom stereocenters. The lowest BCUT2D eigenvalue weighted by molar-refractivity contribution is 0.373. The minimum absolute atomic E-state index is 0.184. The summed E-state index contributed by atoms with van der Waals surface area (Å²) in [4.78, 5) is 0. The lowest BCUT2D eigenvalue weighted by Crippen LogP contribution is -2.13. The van der Waals surface area contributed by atoms with Crippen LogP contribution in [0.15, 0.2) is 65.3 Å². The Morgan fingerprint density at radius 1 is 0.422 bits per heavy atom. The molecule has 6 nitrogen and oxygen atoms in total. The normalized spacial score (nSPS) is 12.9. The quantitative estimate of drug-likeness (QED) is 0.166. The number of hydrogen-bond acceptors (Lipinski definition) is 6. The van der Waals surface area contributed by atoms with Crippen LogP contribution in [-0.4, -0.2) is 6.61 Å². The van der Waals surface area contributed by atoms with E-state index in [9.17, 15) is 0 Å². The van der Waals surface area contributed by atoms with E-state index in [4.69, 9.17) is 25.8 Å². The summed E-state index contributed by atoms with van der Waals surface area (Å²) in [6.07, 6.45) is 0.549. The molecule has 7 aromatic rings. The molecule has 0 unspecified atom stereocenters. The number of fused-ring (bicyclic) bond motifs is 6. The zero-order valence-electron chi connectivity index (χ0n) is 42.4. The second-order valence-corrected chi connectivity index (χ2v) is 24.4. The summed E-state index contributed by atoms with van der Waals surface area (Å²) < 4.78 is 42.0. The Morgan fingerprint density at radius 2 is 0.719 bits per heavy atom. The van der Waals surface area contributed by atoms with E-state index in [1.165, 1.54) is 44.5 Å². The van der Waals surface area contributed by atoms with Crippen LogP contribution in [0.5, 0.6) is 5.75 Å². The van der Waals surface area contributed by atoms with Crippen LogP contribution in [0.1, 0.15) is 155 Å². The molecule has 0 spiro atoms. The molecule has 0 radical (unpaired) electrons. The van der Waals surface area contributed by atoms with Crippen LogP contribution < -0.4 is 9.05 Å². The monoisotopic (exact) mass is 902 g/mol. The minimum atomic E-state index is -1.95. The second-order valence-electron chi connectivity index (χ2n) is 22.4. The van der Waals surface area contributed by atoms with Crippen LogP contribution >= 0.6 is 16.5 Å². The van der Waals surface area contributed by atoms with Crippen LogP contribution in [0.4, 0.5) is 0 Å². The van der Waals surface area contributed by atoms with Crippen molar-refractivity contribution in [2.24, 2.45) is 0 Å². The molecule has 64 heavy (non-hydrogen) atoms. The third-order valence-corrected chi connectivity index (χ3v) is 15.4. The first-order chi connectivity index (χ1) is 29.6. The molecular weight excluding hydrogens is 831 g/mol. The fourth-order valence-corrected chi connectivity index (χ4v) is 11.1. The highest BCUT2D eigenvalue weighted by atomic mass is 31.1. The van der Waals surface area contributed by atoms with Gasteiger partial charge in [-0.2, -0.15) is 0 Å². The van der Waals surface area contributed by atoms with E-state index in [1.54, 1.807) is 0 Å². The first-order valence-electron chi connectivity index (χ1n) is 22.9. The maximum atomic E-state index is 7.10. The minimum Gasteiger partial charge on any atom is -0.399 e. The molecule has 0 N–H and O–H groups in total. The van der Waals surface area contributed by atoms with E-state index >= 15 is 0 Å². The van der Waals surface area contributed by atoms with Gasteiger partial charge in [0.15, 0.2) is 0 Å². The summed E-state index contributed by atoms with van der Waals surface area (Å²) in [5, 5.41) is 4.40. The molecule has 2 aromatic heterocycles. The van der Waals surface area contributed by atoms with E-state index in [1.807, 2.05) is 18.2 Å². The van der Waals surface area contributed by atoms with Crippen LogP contribution in [0.25, 0.3) is 43.9 Å². The summed E-state index contributed by atoms with van der Waals surface area (Å²) in [7, 11) is -3.81. The van der Waals surface area contributed by atoms with Crippen LogP contribution in [0, 0.1) is 55.4 Å². The molecule has 7 rings (SSSR count). The van der Waals surface area contributed by atoms with E-state index < -0.39 is 16.5 Å². The Morgan fingerprint density at radius 3 is 1.03 bits per heavy atom. The van der Waals surface area contributed by atoms with Gasteiger partial charge in [-0.15, -0.1) is 0 Å². The number of para-hydroxylation sites is 1. The van der Waals surface area contributed by atoms with Gasteiger partial charge in [-0.05, 0) is 133 Å². The van der Waals surface area contributed by atoms with Gasteiger partial charge in [-0.25, -0.2) is 0 Å². The Kier molecular flexibility index (Phi) is 12.5. The molecule has 2 heterocycles. The van der Waals surface area contributed by atoms with Crippen molar-refractivity contribution < 1.29 is 25.8 Å². The summed E-state index contributed by atoms with van der Waals surface area (Å²) in [6.45, 7) is 44.9. The highest BCUT2D eigenvalue weighted by Gasteiger charge is 2.30. The smallest absolute Gasteiger partial charge is 0.399 e. The van der Waals surface area contributed by atoms with E-state index in [2.05, 4.69) is 169 Å². The number of benzene rings is 5. The highest BCUT2D eigenvalue weighted by molar-refractivity contribution is 7.32. The van der Waals surface area contributed by atoms with Crippen LogP contribution in [-0.2, 0) is 28.1 Å². The Hall–Kier alpha value is -4.34. The average Bonchev–Trinajstić information content (AvgIpc) is 3.45. The zero-order chi connectivity index (χ0) is 47.2. The maximum absolute atomic E-state index is 7.10. The standard InChI is InChI=1S/C56H72O6P2/c1-31-27-40(53(9,10)11)49-45(35(31)5)46-36(6)32(2)28-41(54(12,13)14)50(46)60-63(59-49)57-26-25-39-23-21-22-24-44(39)58-64-61-51-42(55(15,16)17)29-33(3)37(7)47(51)48-38(8)34(4)30-43(52(48)62-64)56(18,19)20/h21-24,27-30H,25-26H2,1-20H3. The van der Waals surface area contributed by atoms with E-state index in [0.717, 1.165) is 71.7 Å². The van der Waals surface area contributed by atoms with Crippen molar-refractivity contribution in [1.29, 1.82) is 0 Å². The van der Waals surface area contributed by atoms with Crippen molar-refractivity contribution in [3.05, 3.63) is 121 Å². The van der Waals surface area contributed by atoms with Gasteiger partial charge in [0.05, 0.1) is 6.61 Å². The maximum Gasteiger partial charge on any atom is 0.453 e. The van der Waals surface area contributed by atoms with Crippen molar-refractivity contribution >= 4 is 60.4 Å². The van der Waals surface area contributed by atoms with Crippen molar-refractivity contribution in [1.82, 2.24) is 0 Å². The van der Waals surface area contributed by atoms with E-state index in [-0.39, 0.29) is 21.7 Å². The zero-order valence-corrected chi connectivity index (χ0v) is 44.2. The van der Waals surface area contributed by atoms with Gasteiger partial charge in [-0.3, -0.25) is 4.52 Å². The summed E-state index contributed by atoms with van der Waals surface area (Å²) >= 11 is 0. The van der Waals surface area contributed by atoms with Crippen LogP contribution in [0.2, 0.25) is 0 Å². The van der Waals surface area contributed by atoms with Gasteiger partial charge in [0, 0.05) is 50.2 Å². The lowest BCUT2D eigenvalue weighted by atomic mass is 9.81. The predicted molar refractivity (Wildman–Crippen MR) is 273 cm³/mol. The highest BCUT2D eigenvalue weighted by Crippen LogP contribution is 2.48.